The number of rotatable bonds is 10. The van der Waals surface area contributed by atoms with E-state index in [1.54, 1.807) is 32.2 Å². The number of ketones is 1. The van der Waals surface area contributed by atoms with Gasteiger partial charge in [-0.3, -0.25) is 19.3 Å². The number of methoxy groups -OCH3 is 1. The van der Waals surface area contributed by atoms with Crippen LogP contribution in [0.15, 0.2) is 71.7 Å². The van der Waals surface area contributed by atoms with Gasteiger partial charge in [0.25, 0.3) is 5.56 Å². The Morgan fingerprint density at radius 3 is 2.59 bits per heavy atom. The smallest absolute Gasteiger partial charge is 0.266 e. The van der Waals surface area contributed by atoms with Crippen molar-refractivity contribution >= 4 is 22.6 Å². The number of carbonyl (C=O) groups is 1. The van der Waals surface area contributed by atoms with Gasteiger partial charge in [-0.25, -0.2) is 13.8 Å². The number of pyridine rings is 2. The van der Waals surface area contributed by atoms with Gasteiger partial charge in [0.2, 0.25) is 0 Å². The lowest BCUT2D eigenvalue weighted by atomic mass is 10.0. The van der Waals surface area contributed by atoms with E-state index >= 15 is 4.39 Å². The molecular weight excluding hydrogens is 532 g/mol. The number of aromatic nitrogens is 4. The number of H-pyrrole nitrogens is 1. The lowest BCUT2D eigenvalue weighted by molar-refractivity contribution is 0.0991. The Hall–Kier alpha value is -4.90. The van der Waals surface area contributed by atoms with Gasteiger partial charge in [0.1, 0.15) is 17.0 Å². The van der Waals surface area contributed by atoms with Crippen LogP contribution in [-0.2, 0) is 11.2 Å². The van der Waals surface area contributed by atoms with Crippen LogP contribution in [0.4, 0.5) is 14.6 Å². The van der Waals surface area contributed by atoms with E-state index in [2.05, 4.69) is 20.5 Å². The van der Waals surface area contributed by atoms with Crippen LogP contribution in [0.25, 0.3) is 16.7 Å². The summed E-state index contributed by atoms with van der Waals surface area (Å²) in [5.41, 5.74) is 1.26. The van der Waals surface area contributed by atoms with Crippen LogP contribution in [0.1, 0.15) is 28.5 Å². The highest BCUT2D eigenvalue weighted by molar-refractivity contribution is 5.97. The fraction of sp³-hybridized carbons (Fsp3) is 0.200. The van der Waals surface area contributed by atoms with E-state index in [0.29, 0.717) is 46.2 Å². The molecule has 3 aromatic heterocycles. The number of ether oxygens (including phenoxy) is 2. The monoisotopic (exact) mass is 559 g/mol. The molecule has 0 amide bonds. The number of nitrogens with zero attached hydrogens (tertiary/aromatic N) is 3. The van der Waals surface area contributed by atoms with E-state index in [4.69, 9.17) is 9.47 Å². The molecule has 0 aliphatic rings. The first-order valence-corrected chi connectivity index (χ1v) is 12.8. The lowest BCUT2D eigenvalue weighted by Gasteiger charge is -2.14. The molecule has 11 heteroatoms. The molecule has 0 saturated carbocycles. The second-order valence-corrected chi connectivity index (χ2v) is 9.58. The summed E-state index contributed by atoms with van der Waals surface area (Å²) >= 11 is 0. The summed E-state index contributed by atoms with van der Waals surface area (Å²) in [4.78, 5) is 30.5. The molecular formula is C30H27F2N5O4. The maximum Gasteiger partial charge on any atom is 0.266 e. The predicted molar refractivity (Wildman–Crippen MR) is 150 cm³/mol. The molecule has 2 N–H and O–H groups in total. The van der Waals surface area contributed by atoms with E-state index in [0.717, 1.165) is 0 Å². The number of halogens is 2. The minimum absolute atomic E-state index is 0.0532. The van der Waals surface area contributed by atoms with Crippen molar-refractivity contribution in [3.05, 3.63) is 106 Å². The van der Waals surface area contributed by atoms with Crippen LogP contribution >= 0.6 is 0 Å². The SMILES string of the molecule is COC[C@@H](C)Nc1n[nH]c2nccc(Oc3ccc(CC(=O)c4ccc(C)n(-c5ccc(F)cc5)c4=O)cc3F)c12. The van der Waals surface area contributed by atoms with Crippen molar-refractivity contribution in [3.63, 3.8) is 0 Å². The van der Waals surface area contributed by atoms with E-state index in [-0.39, 0.29) is 23.8 Å². The zero-order valence-corrected chi connectivity index (χ0v) is 22.6. The number of fused-ring (bicyclic) bond motifs is 1. The third-order valence-electron chi connectivity index (χ3n) is 6.47. The molecule has 0 aliphatic heterocycles. The molecule has 0 unspecified atom stereocenters. The molecule has 5 rings (SSSR count). The van der Waals surface area contributed by atoms with Crippen molar-refractivity contribution in [1.82, 2.24) is 19.7 Å². The van der Waals surface area contributed by atoms with Crippen molar-refractivity contribution in [2.45, 2.75) is 26.3 Å². The molecule has 0 saturated heterocycles. The standard InChI is InChI=1S/C30H27F2N5O4/c1-17(16-40-3)34-29-27-26(12-13-33-28(27)35-36-29)41-25-11-5-19(14-23(25)32)15-24(38)22-10-4-18(2)37(30(22)39)21-8-6-20(31)7-9-21/h4-14,17H,15-16H2,1-3H3,(H2,33,34,35,36)/t17-/m1/s1. The minimum Gasteiger partial charge on any atom is -0.453 e. The van der Waals surface area contributed by atoms with Crippen molar-refractivity contribution < 1.29 is 23.0 Å². The van der Waals surface area contributed by atoms with Gasteiger partial charge < -0.3 is 14.8 Å². The Kier molecular flexibility index (Phi) is 7.88. The fourth-order valence-electron chi connectivity index (χ4n) is 4.53. The van der Waals surface area contributed by atoms with Crippen LogP contribution in [0, 0.1) is 18.6 Å². The van der Waals surface area contributed by atoms with Crippen LogP contribution < -0.4 is 15.6 Å². The molecule has 1 atom stereocenters. The van der Waals surface area contributed by atoms with Gasteiger partial charge in [0.05, 0.1) is 12.2 Å². The third-order valence-corrected chi connectivity index (χ3v) is 6.47. The Balaban J connectivity index is 1.37. The van der Waals surface area contributed by atoms with Crippen molar-refractivity contribution in [3.8, 4) is 17.2 Å². The average Bonchev–Trinajstić information content (AvgIpc) is 3.35. The number of hydrogen-bond donors (Lipinski definition) is 2. The summed E-state index contributed by atoms with van der Waals surface area (Å²) in [6.45, 7) is 4.09. The summed E-state index contributed by atoms with van der Waals surface area (Å²) in [5, 5.41) is 10.8. The zero-order chi connectivity index (χ0) is 29.1. The fourth-order valence-corrected chi connectivity index (χ4v) is 4.53. The highest BCUT2D eigenvalue weighted by Crippen LogP contribution is 2.34. The average molecular weight is 560 g/mol. The Labute approximate surface area is 233 Å². The molecule has 9 nitrogen and oxygen atoms in total. The highest BCUT2D eigenvalue weighted by atomic mass is 19.1. The molecule has 5 aromatic rings. The summed E-state index contributed by atoms with van der Waals surface area (Å²) in [5.74, 6) is -0.834. The van der Waals surface area contributed by atoms with Crippen LogP contribution in [0.5, 0.6) is 11.5 Å². The van der Waals surface area contributed by atoms with Gasteiger partial charge in [-0.15, -0.1) is 0 Å². The number of carbonyl (C=O) groups excluding carboxylic acids is 1. The molecule has 210 valence electrons. The maximum atomic E-state index is 15.2. The van der Waals surface area contributed by atoms with Gasteiger partial charge in [-0.05, 0) is 67.9 Å². The zero-order valence-electron chi connectivity index (χ0n) is 22.6. The lowest BCUT2D eigenvalue weighted by Crippen LogP contribution is -2.27. The van der Waals surface area contributed by atoms with E-state index in [1.807, 2.05) is 6.92 Å². The second-order valence-electron chi connectivity index (χ2n) is 9.58. The quantitative estimate of drug-likeness (QED) is 0.222. The molecule has 41 heavy (non-hydrogen) atoms. The number of aromatic amines is 1. The summed E-state index contributed by atoms with van der Waals surface area (Å²) in [6.07, 6.45) is 1.31. The van der Waals surface area contributed by atoms with Gasteiger partial charge in [0, 0.05) is 43.2 Å². The first-order valence-electron chi connectivity index (χ1n) is 12.8. The molecule has 0 spiro atoms. The van der Waals surface area contributed by atoms with Crippen LogP contribution in [0.2, 0.25) is 0 Å². The van der Waals surface area contributed by atoms with Crippen molar-refractivity contribution in [2.24, 2.45) is 0 Å². The Morgan fingerprint density at radius 1 is 1.07 bits per heavy atom. The number of Topliss-reactive ketones (excluding diaryl/α,β-unsaturated/α-hetero) is 1. The number of anilines is 1. The van der Waals surface area contributed by atoms with Gasteiger partial charge in [-0.1, -0.05) is 6.07 Å². The normalized spacial score (nSPS) is 11.9. The van der Waals surface area contributed by atoms with E-state index in [1.165, 1.54) is 53.2 Å². The topological polar surface area (TPSA) is 111 Å². The number of aryl methyl sites for hydroxylation is 1. The maximum absolute atomic E-state index is 15.2. The number of hydrogen-bond acceptors (Lipinski definition) is 7. The van der Waals surface area contributed by atoms with Crippen LogP contribution in [-0.4, -0.2) is 45.3 Å². The van der Waals surface area contributed by atoms with E-state index in [9.17, 15) is 14.0 Å². The molecule has 0 fully saturated rings. The summed E-state index contributed by atoms with van der Waals surface area (Å²) < 4.78 is 41.0. The summed E-state index contributed by atoms with van der Waals surface area (Å²) in [7, 11) is 1.60. The van der Waals surface area contributed by atoms with E-state index < -0.39 is 23.0 Å². The predicted octanol–water partition coefficient (Wildman–Crippen LogP) is 5.36. The van der Waals surface area contributed by atoms with Crippen molar-refractivity contribution in [1.29, 1.82) is 0 Å². The van der Waals surface area contributed by atoms with Crippen LogP contribution in [0.3, 0.4) is 0 Å². The van der Waals surface area contributed by atoms with Gasteiger partial charge in [-0.2, -0.15) is 5.10 Å². The summed E-state index contributed by atoms with van der Waals surface area (Å²) in [6, 6.07) is 14.2. The third kappa shape index (κ3) is 5.85. The first kappa shape index (κ1) is 27.7. The minimum atomic E-state index is -0.682. The second kappa shape index (κ2) is 11.7. The Bertz CT molecular complexity index is 1780. The van der Waals surface area contributed by atoms with Crippen molar-refractivity contribution in [2.75, 3.05) is 19.0 Å². The Morgan fingerprint density at radius 2 is 1.85 bits per heavy atom. The number of nitrogens with one attached hydrogen (secondary N) is 2. The number of benzene rings is 2. The molecule has 0 aliphatic carbocycles. The van der Waals surface area contributed by atoms with Gasteiger partial charge >= 0.3 is 0 Å². The largest absolute Gasteiger partial charge is 0.453 e. The molecule has 0 radical (unpaired) electrons. The molecule has 0 bridgehead atoms. The van der Waals surface area contributed by atoms with Gasteiger partial charge in [0.15, 0.2) is 28.8 Å². The highest BCUT2D eigenvalue weighted by Gasteiger charge is 2.19. The molecule has 3 heterocycles. The first-order chi connectivity index (χ1) is 19.7. The molecule has 2 aromatic carbocycles.